The number of hydrogen-bond donors (Lipinski definition) is 4. The first kappa shape index (κ1) is 14.7. The number of carbonyl (C=O) groups excluding carboxylic acids is 1. The zero-order chi connectivity index (χ0) is 9.56. The summed E-state index contributed by atoms with van der Waals surface area (Å²) in [6, 6.07) is -1.47. The Labute approximate surface area is 86.5 Å². The summed E-state index contributed by atoms with van der Waals surface area (Å²) in [5.41, 5.74) is 9.96. The third kappa shape index (κ3) is 9.13. The van der Waals surface area contributed by atoms with E-state index in [9.17, 15) is 9.59 Å². The van der Waals surface area contributed by atoms with Gasteiger partial charge in [0.2, 0.25) is 0 Å². The van der Waals surface area contributed by atoms with Gasteiger partial charge in [-0.25, -0.2) is 4.79 Å². The van der Waals surface area contributed by atoms with Crippen LogP contribution in [0.15, 0.2) is 0 Å². The molecule has 0 rings (SSSR count). The van der Waals surface area contributed by atoms with Crippen molar-refractivity contribution in [3.05, 3.63) is 0 Å². The number of carbonyl (C=O) groups is 2. The normalized spacial score (nSPS) is 11.2. The molecule has 0 unspecified atom stereocenters. The van der Waals surface area contributed by atoms with Crippen LogP contribution in [0.4, 0.5) is 4.79 Å². The number of primary amides is 1. The maximum atomic E-state index is 10.2. The maximum absolute atomic E-state index is 10.2. The number of carboxylic acid groups (broad SMARTS) is 1. The number of nitrogens with one attached hydrogen (secondary N) is 1. The molecular weight excluding hydrogens is 226 g/mol. The second-order valence-corrected chi connectivity index (χ2v) is 2.38. The van der Waals surface area contributed by atoms with E-state index in [0.717, 1.165) is 0 Å². The fourth-order valence-corrected chi connectivity index (χ4v) is 0.657. The van der Waals surface area contributed by atoms with Crippen molar-refractivity contribution >= 4 is 12.0 Å². The van der Waals surface area contributed by atoms with Crippen molar-refractivity contribution in [3.8, 4) is 0 Å². The first-order valence-corrected chi connectivity index (χ1v) is 3.55. The van der Waals surface area contributed by atoms with Crippen LogP contribution in [0.2, 0.25) is 0 Å². The van der Waals surface area contributed by atoms with Crippen LogP contribution in [0, 0.1) is 0 Å². The Morgan fingerprint density at radius 3 is 2.38 bits per heavy atom. The van der Waals surface area contributed by atoms with Gasteiger partial charge in [-0.3, -0.25) is 4.79 Å². The van der Waals surface area contributed by atoms with Crippen LogP contribution in [-0.4, -0.2) is 29.7 Å². The molecule has 13 heavy (non-hydrogen) atoms. The average Bonchev–Trinajstić information content (AvgIpc) is 1.97. The summed E-state index contributed by atoms with van der Waals surface area (Å²) in [5.74, 6) is -1.03. The van der Waals surface area contributed by atoms with Crippen molar-refractivity contribution in [1.29, 1.82) is 0 Å². The molecule has 0 saturated heterocycles. The molecule has 2 amide bonds. The minimum absolute atomic E-state index is 0. The Bertz CT molecular complexity index is 177. The Morgan fingerprint density at radius 2 is 2.00 bits per heavy atom. The Hall–Kier alpha value is -0.781. The van der Waals surface area contributed by atoms with E-state index in [1.54, 1.807) is 0 Å². The van der Waals surface area contributed by atoms with Gasteiger partial charge in [0.25, 0.3) is 0 Å². The van der Waals surface area contributed by atoms with Crippen LogP contribution in [-0.2, 0) is 21.9 Å². The molecule has 0 bridgehead atoms. The van der Waals surface area contributed by atoms with Gasteiger partial charge < -0.3 is 21.9 Å². The number of amides is 2. The minimum Gasteiger partial charge on any atom is -0.480 e. The van der Waals surface area contributed by atoms with Crippen molar-refractivity contribution in [3.63, 3.8) is 0 Å². The zero-order valence-corrected chi connectivity index (χ0v) is 7.86. The number of rotatable bonds is 5. The Kier molecular flexibility index (Phi) is 8.89. The molecule has 0 heterocycles. The molecule has 1 radical (unpaired) electrons. The van der Waals surface area contributed by atoms with Crippen LogP contribution in [0.1, 0.15) is 12.8 Å². The van der Waals surface area contributed by atoms with Crippen molar-refractivity contribution in [2.45, 2.75) is 18.9 Å². The second kappa shape index (κ2) is 7.85. The first-order valence-electron chi connectivity index (χ1n) is 3.55. The molecule has 0 aliphatic rings. The van der Waals surface area contributed by atoms with Gasteiger partial charge in [0.05, 0.1) is 0 Å². The van der Waals surface area contributed by atoms with Crippen LogP contribution >= 0.6 is 0 Å². The number of urea groups is 1. The fraction of sp³-hybridized carbons (Fsp3) is 0.667. The van der Waals surface area contributed by atoms with Crippen molar-refractivity contribution in [2.24, 2.45) is 11.5 Å². The summed E-state index contributed by atoms with van der Waals surface area (Å²) < 4.78 is 0. The topological polar surface area (TPSA) is 118 Å². The molecular formula is C6H13CuN3O3. The molecule has 81 valence electrons. The van der Waals surface area contributed by atoms with E-state index in [1.807, 2.05) is 0 Å². The first-order chi connectivity index (χ1) is 5.54. The van der Waals surface area contributed by atoms with E-state index in [2.05, 4.69) is 5.32 Å². The van der Waals surface area contributed by atoms with Gasteiger partial charge in [0.1, 0.15) is 6.04 Å². The third-order valence-corrected chi connectivity index (χ3v) is 1.31. The number of hydrogen-bond acceptors (Lipinski definition) is 3. The summed E-state index contributed by atoms with van der Waals surface area (Å²) in [4.78, 5) is 20.3. The van der Waals surface area contributed by atoms with Gasteiger partial charge in [0.15, 0.2) is 0 Å². The molecule has 6 N–H and O–H groups in total. The average molecular weight is 239 g/mol. The van der Waals surface area contributed by atoms with E-state index in [0.29, 0.717) is 19.4 Å². The molecule has 0 aromatic heterocycles. The summed E-state index contributed by atoms with van der Waals surface area (Å²) in [6.07, 6.45) is 0.839. The van der Waals surface area contributed by atoms with Gasteiger partial charge in [-0.1, -0.05) is 0 Å². The molecule has 0 aliphatic heterocycles. The second-order valence-electron chi connectivity index (χ2n) is 2.38. The molecule has 0 aliphatic carbocycles. The van der Waals surface area contributed by atoms with E-state index in [4.69, 9.17) is 16.6 Å². The van der Waals surface area contributed by atoms with Gasteiger partial charge in [-0.2, -0.15) is 0 Å². The van der Waals surface area contributed by atoms with Crippen LogP contribution < -0.4 is 16.8 Å². The van der Waals surface area contributed by atoms with Crippen molar-refractivity contribution in [1.82, 2.24) is 5.32 Å². The molecule has 7 heteroatoms. The van der Waals surface area contributed by atoms with Crippen molar-refractivity contribution < 1.29 is 31.8 Å². The molecule has 0 aromatic rings. The van der Waals surface area contributed by atoms with Gasteiger partial charge in [0, 0.05) is 23.6 Å². The number of carboxylic acids is 1. The molecule has 0 fully saturated rings. The standard InChI is InChI=1S/C6H13N3O3.Cu/c7-4(5(10)11)2-1-3-9-6(8)12;/h4H,1-3,7H2,(H,10,11)(H3,8,9,12);/t4-;/m1./s1. The SMILES string of the molecule is NC(=O)NCCC[C@@H](N)C(=O)O.[Cu]. The summed E-state index contributed by atoms with van der Waals surface area (Å²) in [6.45, 7) is 0.357. The van der Waals surface area contributed by atoms with Gasteiger partial charge in [-0.05, 0) is 12.8 Å². The quantitative estimate of drug-likeness (QED) is 0.357. The maximum Gasteiger partial charge on any atom is 0.320 e. The Morgan fingerprint density at radius 1 is 1.46 bits per heavy atom. The van der Waals surface area contributed by atoms with E-state index in [1.165, 1.54) is 0 Å². The largest absolute Gasteiger partial charge is 0.480 e. The predicted molar refractivity (Wildman–Crippen MR) is 42.4 cm³/mol. The van der Waals surface area contributed by atoms with E-state index in [-0.39, 0.29) is 17.1 Å². The zero-order valence-electron chi connectivity index (χ0n) is 6.92. The molecule has 0 aromatic carbocycles. The van der Waals surface area contributed by atoms with E-state index >= 15 is 0 Å². The van der Waals surface area contributed by atoms with E-state index < -0.39 is 18.0 Å². The molecule has 1 atom stereocenters. The predicted octanol–water partition coefficient (Wildman–Crippen LogP) is -1.16. The monoisotopic (exact) mass is 238 g/mol. The molecule has 6 nitrogen and oxygen atoms in total. The number of aliphatic carboxylic acids is 1. The summed E-state index contributed by atoms with van der Waals surface area (Å²) >= 11 is 0. The summed E-state index contributed by atoms with van der Waals surface area (Å²) in [5, 5.41) is 10.7. The van der Waals surface area contributed by atoms with Crippen LogP contribution in [0.3, 0.4) is 0 Å². The smallest absolute Gasteiger partial charge is 0.320 e. The summed E-state index contributed by atoms with van der Waals surface area (Å²) in [7, 11) is 0. The number of nitrogens with two attached hydrogens (primary N) is 2. The Balaban J connectivity index is 0. The minimum atomic E-state index is -1.03. The van der Waals surface area contributed by atoms with Crippen LogP contribution in [0.25, 0.3) is 0 Å². The molecule has 0 spiro atoms. The van der Waals surface area contributed by atoms with Crippen LogP contribution in [0.5, 0.6) is 0 Å². The van der Waals surface area contributed by atoms with Gasteiger partial charge in [-0.15, -0.1) is 0 Å². The molecule has 0 saturated carbocycles. The third-order valence-electron chi connectivity index (χ3n) is 1.31. The van der Waals surface area contributed by atoms with Crippen molar-refractivity contribution in [2.75, 3.05) is 6.54 Å². The fourth-order valence-electron chi connectivity index (χ4n) is 0.657. The van der Waals surface area contributed by atoms with Gasteiger partial charge >= 0.3 is 12.0 Å².